The Balaban J connectivity index is 2.11. The van der Waals surface area contributed by atoms with Crippen molar-refractivity contribution >= 4 is 27.3 Å². The molecule has 1 heterocycles. The predicted octanol–water partition coefficient (Wildman–Crippen LogP) is 2.13. The standard InChI is InChI=1S/C16H22ClNO4S/c17-14-6-4-13(5-7-14)16(20)18(9-2-1-3-10-19)15-8-11-23(21,22)12-15/h4-7,15,19H,1-3,8-12H2/t15-/m0/s1. The van der Waals surface area contributed by atoms with E-state index in [1.54, 1.807) is 29.2 Å². The Morgan fingerprint density at radius 2 is 1.91 bits per heavy atom. The van der Waals surface area contributed by atoms with Gasteiger partial charge in [-0.1, -0.05) is 11.6 Å². The van der Waals surface area contributed by atoms with Gasteiger partial charge in [-0.25, -0.2) is 8.42 Å². The Morgan fingerprint density at radius 1 is 1.22 bits per heavy atom. The summed E-state index contributed by atoms with van der Waals surface area (Å²) in [5.41, 5.74) is 0.515. The molecule has 1 amide bonds. The van der Waals surface area contributed by atoms with E-state index in [1.807, 2.05) is 0 Å². The number of carbonyl (C=O) groups is 1. The van der Waals surface area contributed by atoms with Crippen molar-refractivity contribution in [1.29, 1.82) is 0 Å². The molecule has 0 radical (unpaired) electrons. The maximum Gasteiger partial charge on any atom is 0.254 e. The van der Waals surface area contributed by atoms with Gasteiger partial charge in [0, 0.05) is 29.8 Å². The minimum atomic E-state index is -3.05. The highest BCUT2D eigenvalue weighted by molar-refractivity contribution is 7.91. The molecule has 7 heteroatoms. The predicted molar refractivity (Wildman–Crippen MR) is 90.5 cm³/mol. The van der Waals surface area contributed by atoms with Gasteiger partial charge < -0.3 is 10.0 Å². The summed E-state index contributed by atoms with van der Waals surface area (Å²) in [5.74, 6) is 0.0122. The summed E-state index contributed by atoms with van der Waals surface area (Å²) in [6.07, 6.45) is 2.73. The first-order chi connectivity index (χ1) is 10.9. The van der Waals surface area contributed by atoms with Gasteiger partial charge in [0.1, 0.15) is 0 Å². The Kier molecular flexibility index (Phi) is 6.44. The second-order valence-corrected chi connectivity index (χ2v) is 8.51. The van der Waals surface area contributed by atoms with Crippen molar-refractivity contribution in [3.05, 3.63) is 34.9 Å². The molecular weight excluding hydrogens is 338 g/mol. The van der Waals surface area contributed by atoms with Crippen molar-refractivity contribution in [2.45, 2.75) is 31.7 Å². The number of hydrogen-bond donors (Lipinski definition) is 1. The van der Waals surface area contributed by atoms with E-state index in [2.05, 4.69) is 0 Å². The lowest BCUT2D eigenvalue weighted by atomic mass is 10.1. The highest BCUT2D eigenvalue weighted by Gasteiger charge is 2.34. The Bertz CT molecular complexity index is 630. The molecule has 1 aliphatic heterocycles. The molecule has 1 aromatic rings. The average molecular weight is 360 g/mol. The number of rotatable bonds is 7. The maximum atomic E-state index is 12.8. The number of aliphatic hydroxyl groups is 1. The molecule has 1 saturated heterocycles. The first-order valence-electron chi connectivity index (χ1n) is 7.81. The zero-order valence-corrected chi connectivity index (χ0v) is 14.5. The summed E-state index contributed by atoms with van der Waals surface area (Å²) in [5, 5.41) is 9.41. The number of nitrogens with zero attached hydrogens (tertiary/aromatic N) is 1. The second kappa shape index (κ2) is 8.13. The van der Waals surface area contributed by atoms with Crippen LogP contribution in [0.5, 0.6) is 0 Å². The number of carbonyl (C=O) groups excluding carboxylic acids is 1. The van der Waals surface area contributed by atoms with E-state index in [9.17, 15) is 13.2 Å². The summed E-state index contributed by atoms with van der Waals surface area (Å²) < 4.78 is 23.5. The molecule has 0 aromatic heterocycles. The van der Waals surface area contributed by atoms with Crippen LogP contribution in [0.25, 0.3) is 0 Å². The van der Waals surface area contributed by atoms with Gasteiger partial charge in [0.15, 0.2) is 9.84 Å². The largest absolute Gasteiger partial charge is 0.396 e. The molecule has 0 aliphatic carbocycles. The third-order valence-electron chi connectivity index (χ3n) is 4.06. The summed E-state index contributed by atoms with van der Waals surface area (Å²) in [7, 11) is -3.05. The molecule has 5 nitrogen and oxygen atoms in total. The number of benzene rings is 1. The van der Waals surface area contributed by atoms with Crippen molar-refractivity contribution in [2.75, 3.05) is 24.7 Å². The van der Waals surface area contributed by atoms with Crippen LogP contribution in [0.4, 0.5) is 0 Å². The number of halogens is 1. The Morgan fingerprint density at radius 3 is 2.48 bits per heavy atom. The molecule has 1 aliphatic rings. The zero-order valence-electron chi connectivity index (χ0n) is 12.9. The monoisotopic (exact) mass is 359 g/mol. The molecule has 0 unspecified atom stereocenters. The second-order valence-electron chi connectivity index (χ2n) is 5.85. The fourth-order valence-electron chi connectivity index (χ4n) is 2.80. The highest BCUT2D eigenvalue weighted by Crippen LogP contribution is 2.21. The van der Waals surface area contributed by atoms with Gasteiger partial charge in [-0.2, -0.15) is 0 Å². The number of sulfone groups is 1. The van der Waals surface area contributed by atoms with Crippen molar-refractivity contribution in [3.63, 3.8) is 0 Å². The number of unbranched alkanes of at least 4 members (excludes halogenated alkanes) is 2. The van der Waals surface area contributed by atoms with E-state index in [1.165, 1.54) is 0 Å². The lowest BCUT2D eigenvalue weighted by Crippen LogP contribution is -2.41. The zero-order chi connectivity index (χ0) is 16.9. The topological polar surface area (TPSA) is 74.7 Å². The first kappa shape index (κ1) is 18.2. The summed E-state index contributed by atoms with van der Waals surface area (Å²) >= 11 is 5.85. The average Bonchev–Trinajstić information content (AvgIpc) is 2.87. The van der Waals surface area contributed by atoms with Gasteiger partial charge in [-0.15, -0.1) is 0 Å². The van der Waals surface area contributed by atoms with Crippen LogP contribution in [0.3, 0.4) is 0 Å². The third kappa shape index (κ3) is 5.19. The van der Waals surface area contributed by atoms with E-state index in [-0.39, 0.29) is 30.1 Å². The molecule has 0 saturated carbocycles. The Labute approximate surface area is 142 Å². The normalized spacial score (nSPS) is 19.7. The van der Waals surface area contributed by atoms with Gasteiger partial charge in [0.05, 0.1) is 11.5 Å². The SMILES string of the molecule is O=C(c1ccc(Cl)cc1)N(CCCCCO)[C@H]1CCS(=O)(=O)C1. The molecule has 128 valence electrons. The fraction of sp³-hybridized carbons (Fsp3) is 0.562. The fourth-order valence-corrected chi connectivity index (χ4v) is 4.66. The number of amides is 1. The van der Waals surface area contributed by atoms with Gasteiger partial charge in [-0.05, 0) is 49.9 Å². The molecule has 1 atom stereocenters. The van der Waals surface area contributed by atoms with Crippen LogP contribution < -0.4 is 0 Å². The summed E-state index contributed by atoms with van der Waals surface area (Å²) in [4.78, 5) is 14.4. The lowest BCUT2D eigenvalue weighted by Gasteiger charge is -2.28. The minimum Gasteiger partial charge on any atom is -0.396 e. The van der Waals surface area contributed by atoms with Crippen molar-refractivity contribution < 1.29 is 18.3 Å². The third-order valence-corrected chi connectivity index (χ3v) is 6.06. The molecule has 1 fully saturated rings. The van der Waals surface area contributed by atoms with E-state index >= 15 is 0 Å². The van der Waals surface area contributed by atoms with Crippen LogP contribution in [0, 0.1) is 0 Å². The van der Waals surface area contributed by atoms with Crippen LogP contribution in [0.15, 0.2) is 24.3 Å². The summed E-state index contributed by atoms with van der Waals surface area (Å²) in [6.45, 7) is 0.630. The number of hydrogen-bond acceptors (Lipinski definition) is 4. The van der Waals surface area contributed by atoms with Crippen LogP contribution in [0.2, 0.25) is 5.02 Å². The molecule has 0 bridgehead atoms. The first-order valence-corrected chi connectivity index (χ1v) is 10.0. The minimum absolute atomic E-state index is 0.0341. The molecule has 23 heavy (non-hydrogen) atoms. The van der Waals surface area contributed by atoms with E-state index in [4.69, 9.17) is 16.7 Å². The molecular formula is C16H22ClNO4S. The van der Waals surface area contributed by atoms with Crippen LogP contribution in [-0.2, 0) is 9.84 Å². The molecule has 2 rings (SSSR count). The highest BCUT2D eigenvalue weighted by atomic mass is 35.5. The molecule has 0 spiro atoms. The van der Waals surface area contributed by atoms with E-state index < -0.39 is 9.84 Å². The van der Waals surface area contributed by atoms with Gasteiger partial charge in [0.2, 0.25) is 0 Å². The number of aliphatic hydroxyl groups excluding tert-OH is 1. The van der Waals surface area contributed by atoms with Crippen LogP contribution >= 0.6 is 11.6 Å². The smallest absolute Gasteiger partial charge is 0.254 e. The van der Waals surface area contributed by atoms with Crippen molar-refractivity contribution in [3.8, 4) is 0 Å². The van der Waals surface area contributed by atoms with Crippen LogP contribution in [0.1, 0.15) is 36.0 Å². The maximum absolute atomic E-state index is 12.8. The quantitative estimate of drug-likeness (QED) is 0.757. The van der Waals surface area contributed by atoms with Crippen LogP contribution in [-0.4, -0.2) is 55.0 Å². The van der Waals surface area contributed by atoms with Gasteiger partial charge in [-0.3, -0.25) is 4.79 Å². The van der Waals surface area contributed by atoms with Gasteiger partial charge in [0.25, 0.3) is 5.91 Å². The lowest BCUT2D eigenvalue weighted by molar-refractivity contribution is 0.0692. The van der Waals surface area contributed by atoms with Gasteiger partial charge >= 0.3 is 0 Å². The Hall–Kier alpha value is -1.11. The van der Waals surface area contributed by atoms with E-state index in [0.29, 0.717) is 30.0 Å². The van der Waals surface area contributed by atoms with E-state index in [0.717, 1.165) is 12.8 Å². The van der Waals surface area contributed by atoms with Crippen molar-refractivity contribution in [2.24, 2.45) is 0 Å². The molecule has 1 aromatic carbocycles. The molecule has 1 N–H and O–H groups in total. The van der Waals surface area contributed by atoms with Crippen molar-refractivity contribution in [1.82, 2.24) is 4.90 Å². The summed E-state index contributed by atoms with van der Waals surface area (Å²) in [6, 6.07) is 6.37.